The van der Waals surface area contributed by atoms with E-state index in [1.54, 1.807) is 5.38 Å². The molecule has 0 aliphatic carbocycles. The smallest absolute Gasteiger partial charge is 0.265 e. The number of methoxy groups -OCH3 is 2. The Morgan fingerprint density at radius 3 is 2.21 bits per heavy atom. The molecule has 1 aromatic heterocycles. The van der Waals surface area contributed by atoms with E-state index in [4.69, 9.17) is 9.47 Å². The van der Waals surface area contributed by atoms with E-state index >= 15 is 0 Å². The number of nitrogens with zero attached hydrogens (tertiary/aromatic N) is 1. The SMILES string of the molecule is COc1ccc(S(=O)(=O)Nc2ccc(S(=O)(=O)Nc3nccs3)cc2)c(OC)c1. The van der Waals surface area contributed by atoms with Gasteiger partial charge in [-0.1, -0.05) is 0 Å². The second-order valence-electron chi connectivity index (χ2n) is 5.59. The highest BCUT2D eigenvalue weighted by Gasteiger charge is 2.21. The lowest BCUT2D eigenvalue weighted by molar-refractivity contribution is 0.386. The number of rotatable bonds is 8. The van der Waals surface area contributed by atoms with Crippen LogP contribution in [0.3, 0.4) is 0 Å². The molecule has 0 amide bonds. The van der Waals surface area contributed by atoms with Crippen LogP contribution in [0.2, 0.25) is 0 Å². The van der Waals surface area contributed by atoms with Gasteiger partial charge >= 0.3 is 0 Å². The topological polar surface area (TPSA) is 124 Å². The first kappa shape index (κ1) is 20.9. The summed E-state index contributed by atoms with van der Waals surface area (Å²) >= 11 is 1.15. The number of hydrogen-bond acceptors (Lipinski definition) is 8. The highest BCUT2D eigenvalue weighted by molar-refractivity contribution is 7.93. The van der Waals surface area contributed by atoms with E-state index in [9.17, 15) is 16.8 Å². The van der Waals surface area contributed by atoms with Crippen molar-refractivity contribution in [1.29, 1.82) is 0 Å². The van der Waals surface area contributed by atoms with Crippen molar-refractivity contribution in [2.24, 2.45) is 0 Å². The van der Waals surface area contributed by atoms with Gasteiger partial charge < -0.3 is 9.47 Å². The average molecular weight is 456 g/mol. The van der Waals surface area contributed by atoms with E-state index in [1.807, 2.05) is 0 Å². The van der Waals surface area contributed by atoms with Gasteiger partial charge in [-0.05, 0) is 36.4 Å². The lowest BCUT2D eigenvalue weighted by Gasteiger charge is -2.13. The van der Waals surface area contributed by atoms with Crippen molar-refractivity contribution < 1.29 is 26.3 Å². The zero-order valence-electron chi connectivity index (χ0n) is 15.3. The Balaban J connectivity index is 1.82. The molecule has 29 heavy (non-hydrogen) atoms. The molecule has 12 heteroatoms. The van der Waals surface area contributed by atoms with Crippen molar-refractivity contribution >= 4 is 42.2 Å². The summed E-state index contributed by atoms with van der Waals surface area (Å²) in [4.78, 5) is 3.76. The van der Waals surface area contributed by atoms with Crippen LogP contribution in [-0.4, -0.2) is 36.0 Å². The molecule has 0 aliphatic heterocycles. The minimum atomic E-state index is -3.97. The Hall–Kier alpha value is -2.83. The van der Waals surface area contributed by atoms with Gasteiger partial charge in [0.1, 0.15) is 16.4 Å². The van der Waals surface area contributed by atoms with Crippen LogP contribution in [0.4, 0.5) is 10.8 Å². The van der Waals surface area contributed by atoms with E-state index in [0.29, 0.717) is 5.75 Å². The predicted octanol–water partition coefficient (Wildman–Crippen LogP) is 2.76. The summed E-state index contributed by atoms with van der Waals surface area (Å²) in [6, 6.07) is 9.59. The van der Waals surface area contributed by atoms with Crippen LogP contribution in [-0.2, 0) is 20.0 Å². The molecule has 2 N–H and O–H groups in total. The van der Waals surface area contributed by atoms with Crippen molar-refractivity contribution in [2.45, 2.75) is 9.79 Å². The third-order valence-corrected chi connectivity index (χ3v) is 7.32. The summed E-state index contributed by atoms with van der Waals surface area (Å²) in [7, 11) is -4.99. The Bertz CT molecular complexity index is 1190. The number of benzene rings is 2. The molecule has 0 spiro atoms. The lowest BCUT2D eigenvalue weighted by atomic mass is 10.3. The van der Waals surface area contributed by atoms with Crippen LogP contribution < -0.4 is 18.9 Å². The number of ether oxygens (including phenoxy) is 2. The normalized spacial score (nSPS) is 11.7. The predicted molar refractivity (Wildman–Crippen MR) is 110 cm³/mol. The molecular weight excluding hydrogens is 438 g/mol. The molecule has 154 valence electrons. The minimum absolute atomic E-state index is 0.0299. The third-order valence-electron chi connectivity index (χ3n) is 3.73. The maximum absolute atomic E-state index is 12.7. The molecule has 9 nitrogen and oxygen atoms in total. The summed E-state index contributed by atoms with van der Waals surface area (Å²) in [5.41, 5.74) is 0.191. The first-order chi connectivity index (χ1) is 13.7. The molecular formula is C17H17N3O6S3. The molecule has 0 bridgehead atoms. The maximum atomic E-state index is 12.7. The molecule has 2 aromatic carbocycles. The molecule has 3 rings (SSSR count). The highest BCUT2D eigenvalue weighted by Crippen LogP contribution is 2.30. The fraction of sp³-hybridized carbons (Fsp3) is 0.118. The fourth-order valence-corrected chi connectivity index (χ4v) is 5.36. The fourth-order valence-electron chi connectivity index (χ4n) is 2.36. The third kappa shape index (κ3) is 4.78. The van der Waals surface area contributed by atoms with E-state index in [-0.39, 0.29) is 26.4 Å². The largest absolute Gasteiger partial charge is 0.497 e. The van der Waals surface area contributed by atoms with Crippen LogP contribution in [0.1, 0.15) is 0 Å². The molecule has 0 atom stereocenters. The number of anilines is 2. The van der Waals surface area contributed by atoms with E-state index in [0.717, 1.165) is 11.3 Å². The molecule has 0 unspecified atom stereocenters. The van der Waals surface area contributed by atoms with Gasteiger partial charge in [0, 0.05) is 23.3 Å². The van der Waals surface area contributed by atoms with Crippen molar-refractivity contribution in [3.8, 4) is 11.5 Å². The quantitative estimate of drug-likeness (QED) is 0.535. The van der Waals surface area contributed by atoms with Crippen LogP contribution in [0.5, 0.6) is 11.5 Å². The van der Waals surface area contributed by atoms with Gasteiger partial charge in [0.25, 0.3) is 20.0 Å². The van der Waals surface area contributed by atoms with Crippen LogP contribution in [0.15, 0.2) is 63.8 Å². The molecule has 0 radical (unpaired) electrons. The Kier molecular flexibility index (Phi) is 5.96. The van der Waals surface area contributed by atoms with Crippen LogP contribution >= 0.6 is 11.3 Å². The molecule has 0 fully saturated rings. The van der Waals surface area contributed by atoms with Crippen molar-refractivity contribution in [3.05, 3.63) is 54.0 Å². The zero-order chi connectivity index (χ0) is 21.1. The number of hydrogen-bond donors (Lipinski definition) is 2. The average Bonchev–Trinajstić information content (AvgIpc) is 3.19. The molecule has 0 saturated heterocycles. The molecule has 3 aromatic rings. The Morgan fingerprint density at radius 2 is 1.62 bits per heavy atom. The Labute approximate surface area is 172 Å². The monoisotopic (exact) mass is 455 g/mol. The number of nitrogens with one attached hydrogen (secondary N) is 2. The minimum Gasteiger partial charge on any atom is -0.497 e. The van der Waals surface area contributed by atoms with E-state index < -0.39 is 20.0 Å². The van der Waals surface area contributed by atoms with Gasteiger partial charge in [0.05, 0.1) is 19.1 Å². The zero-order valence-corrected chi connectivity index (χ0v) is 17.8. The van der Waals surface area contributed by atoms with Gasteiger partial charge in [0.2, 0.25) is 0 Å². The standard InChI is InChI=1S/C17H17N3O6S3/c1-25-13-5-8-16(15(11-13)26-2)29(23,24)19-12-3-6-14(7-4-12)28(21,22)20-17-18-9-10-27-17/h3-11,19H,1-2H3,(H,18,20). The van der Waals surface area contributed by atoms with E-state index in [2.05, 4.69) is 14.4 Å². The van der Waals surface area contributed by atoms with Crippen molar-refractivity contribution in [1.82, 2.24) is 4.98 Å². The van der Waals surface area contributed by atoms with Crippen molar-refractivity contribution in [2.75, 3.05) is 23.7 Å². The van der Waals surface area contributed by atoms with Gasteiger partial charge in [-0.25, -0.2) is 21.8 Å². The number of aromatic nitrogens is 1. The molecule has 1 heterocycles. The lowest BCUT2D eigenvalue weighted by Crippen LogP contribution is -2.15. The Morgan fingerprint density at radius 1 is 0.897 bits per heavy atom. The van der Waals surface area contributed by atoms with E-state index in [1.165, 1.54) is 62.9 Å². The first-order valence-electron chi connectivity index (χ1n) is 8.02. The van der Waals surface area contributed by atoms with Crippen molar-refractivity contribution in [3.63, 3.8) is 0 Å². The maximum Gasteiger partial charge on any atom is 0.265 e. The first-order valence-corrected chi connectivity index (χ1v) is 11.9. The summed E-state index contributed by atoms with van der Waals surface area (Å²) in [5, 5.41) is 1.88. The van der Waals surface area contributed by atoms with Crippen LogP contribution in [0, 0.1) is 0 Å². The van der Waals surface area contributed by atoms with Gasteiger partial charge in [-0.3, -0.25) is 9.44 Å². The molecule has 0 aliphatic rings. The summed E-state index contributed by atoms with van der Waals surface area (Å²) in [6.45, 7) is 0. The summed E-state index contributed by atoms with van der Waals surface area (Å²) in [6.07, 6.45) is 1.48. The number of thiazole rings is 1. The highest BCUT2D eigenvalue weighted by atomic mass is 32.2. The summed E-state index contributed by atoms with van der Waals surface area (Å²) < 4.78 is 65.1. The molecule has 0 saturated carbocycles. The number of sulfonamides is 2. The van der Waals surface area contributed by atoms with Gasteiger partial charge in [-0.15, -0.1) is 11.3 Å². The van der Waals surface area contributed by atoms with Gasteiger partial charge in [0.15, 0.2) is 5.13 Å². The second-order valence-corrected chi connectivity index (χ2v) is 9.82. The summed E-state index contributed by atoms with van der Waals surface area (Å²) in [5.74, 6) is 0.562. The van der Waals surface area contributed by atoms with Crippen LogP contribution in [0.25, 0.3) is 0 Å². The van der Waals surface area contributed by atoms with Gasteiger partial charge in [-0.2, -0.15) is 0 Å². The second kappa shape index (κ2) is 8.27.